The van der Waals surface area contributed by atoms with Crippen LogP contribution in [0.1, 0.15) is 18.4 Å². The summed E-state index contributed by atoms with van der Waals surface area (Å²) in [5, 5.41) is 0. The highest BCUT2D eigenvalue weighted by Gasteiger charge is 2.19. The molecular formula is C12H18IN2O2S-. The molecule has 1 fully saturated rings. The molecule has 102 valence electrons. The lowest BCUT2D eigenvalue weighted by molar-refractivity contribution is -0.00000609. The van der Waals surface area contributed by atoms with Crippen LogP contribution < -0.4 is 28.7 Å². The zero-order chi connectivity index (χ0) is 12.3. The van der Waals surface area contributed by atoms with Crippen LogP contribution in [0.4, 0.5) is 0 Å². The van der Waals surface area contributed by atoms with Crippen molar-refractivity contribution in [3.8, 4) is 0 Å². The molecule has 2 rings (SSSR count). The van der Waals surface area contributed by atoms with Crippen LogP contribution in [0.2, 0.25) is 0 Å². The molecule has 0 atom stereocenters. The summed E-state index contributed by atoms with van der Waals surface area (Å²) in [4.78, 5) is 2.69. The van der Waals surface area contributed by atoms with E-state index in [1.807, 2.05) is 12.1 Å². The van der Waals surface area contributed by atoms with Gasteiger partial charge in [-0.1, -0.05) is 18.2 Å². The van der Waals surface area contributed by atoms with E-state index in [2.05, 4.69) is 9.62 Å². The first-order valence-corrected chi connectivity index (χ1v) is 7.35. The Hall–Kier alpha value is -0.180. The lowest BCUT2D eigenvalue weighted by Crippen LogP contribution is -3.00. The average molecular weight is 381 g/mol. The highest BCUT2D eigenvalue weighted by atomic mass is 127. The third kappa shape index (κ3) is 3.66. The monoisotopic (exact) mass is 381 g/mol. The molecule has 1 aliphatic rings. The molecule has 0 spiro atoms. The van der Waals surface area contributed by atoms with Gasteiger partial charge in [-0.05, 0) is 44.6 Å². The topological polar surface area (TPSA) is 49.4 Å². The molecule has 1 heterocycles. The van der Waals surface area contributed by atoms with Crippen molar-refractivity contribution in [1.82, 2.24) is 9.62 Å². The van der Waals surface area contributed by atoms with Gasteiger partial charge in [0.05, 0.1) is 4.90 Å². The van der Waals surface area contributed by atoms with Crippen molar-refractivity contribution >= 4 is 10.0 Å². The first-order valence-electron chi connectivity index (χ1n) is 5.87. The van der Waals surface area contributed by atoms with Crippen molar-refractivity contribution in [1.29, 1.82) is 0 Å². The second-order valence-corrected chi connectivity index (χ2v) is 6.15. The number of hydrogen-bond acceptors (Lipinski definition) is 3. The minimum Gasteiger partial charge on any atom is -1.00 e. The third-order valence-corrected chi connectivity index (χ3v) is 4.64. The fourth-order valence-electron chi connectivity index (χ4n) is 2.19. The summed E-state index contributed by atoms with van der Waals surface area (Å²) >= 11 is 0. The first-order chi connectivity index (χ1) is 8.13. The van der Waals surface area contributed by atoms with Crippen LogP contribution >= 0.6 is 0 Å². The van der Waals surface area contributed by atoms with E-state index in [0.717, 1.165) is 25.2 Å². The Bertz CT molecular complexity index is 485. The lowest BCUT2D eigenvalue weighted by Gasteiger charge is -2.17. The number of likely N-dealkylation sites (tertiary alicyclic amines) is 1. The van der Waals surface area contributed by atoms with Crippen LogP contribution in [0.5, 0.6) is 0 Å². The van der Waals surface area contributed by atoms with Crippen molar-refractivity contribution in [3.63, 3.8) is 0 Å². The lowest BCUT2D eigenvalue weighted by atomic mass is 10.2. The molecule has 0 amide bonds. The third-order valence-electron chi connectivity index (χ3n) is 3.12. The fraction of sp³-hybridized carbons (Fsp3) is 0.500. The van der Waals surface area contributed by atoms with E-state index in [4.69, 9.17) is 0 Å². The van der Waals surface area contributed by atoms with Crippen LogP contribution in [-0.2, 0) is 16.6 Å². The fourth-order valence-corrected chi connectivity index (χ4v) is 3.14. The molecule has 0 unspecified atom stereocenters. The number of hydrogen-bond donors (Lipinski definition) is 1. The maximum absolute atomic E-state index is 11.9. The van der Waals surface area contributed by atoms with Crippen LogP contribution in [0.3, 0.4) is 0 Å². The van der Waals surface area contributed by atoms with Crippen molar-refractivity contribution in [3.05, 3.63) is 29.8 Å². The standard InChI is InChI=1S/C12H18N2O2S.HI/c1-13-17(15,16)12-7-3-2-6-11(12)10-14-8-4-5-9-14;/h2-3,6-7,13H,4-5,8-10H2,1H3;1H/p-1. The van der Waals surface area contributed by atoms with Gasteiger partial charge in [0.15, 0.2) is 0 Å². The Balaban J connectivity index is 0.00000162. The second-order valence-electron chi connectivity index (χ2n) is 4.30. The van der Waals surface area contributed by atoms with Gasteiger partial charge in [0.1, 0.15) is 0 Å². The van der Waals surface area contributed by atoms with Gasteiger partial charge in [-0.15, -0.1) is 0 Å². The minimum atomic E-state index is -3.35. The number of halogens is 1. The second kappa shape index (κ2) is 6.83. The summed E-state index contributed by atoms with van der Waals surface area (Å²) in [5.74, 6) is 0. The molecule has 18 heavy (non-hydrogen) atoms. The molecule has 0 aromatic heterocycles. The summed E-state index contributed by atoms with van der Waals surface area (Å²) in [6.45, 7) is 2.85. The van der Waals surface area contributed by atoms with Crippen LogP contribution in [0, 0.1) is 0 Å². The molecule has 0 radical (unpaired) electrons. The van der Waals surface area contributed by atoms with Gasteiger partial charge in [-0.3, -0.25) is 4.90 Å². The summed E-state index contributed by atoms with van der Waals surface area (Å²) in [5.41, 5.74) is 0.878. The number of nitrogens with zero attached hydrogens (tertiary/aromatic N) is 1. The van der Waals surface area contributed by atoms with Crippen molar-refractivity contribution < 1.29 is 32.4 Å². The van der Waals surface area contributed by atoms with E-state index in [1.54, 1.807) is 12.1 Å². The van der Waals surface area contributed by atoms with Crippen molar-refractivity contribution in [2.24, 2.45) is 0 Å². The minimum absolute atomic E-state index is 0. The maximum Gasteiger partial charge on any atom is 0.240 e. The number of rotatable bonds is 4. The first kappa shape index (κ1) is 15.9. The predicted octanol–water partition coefficient (Wildman–Crippen LogP) is -1.81. The summed E-state index contributed by atoms with van der Waals surface area (Å²) < 4.78 is 26.1. The zero-order valence-electron chi connectivity index (χ0n) is 10.4. The molecule has 0 saturated carbocycles. The Kier molecular flexibility index (Phi) is 6.03. The highest BCUT2D eigenvalue weighted by molar-refractivity contribution is 7.89. The molecule has 1 N–H and O–H groups in total. The molecule has 1 aromatic rings. The van der Waals surface area contributed by atoms with Gasteiger partial charge in [0.25, 0.3) is 0 Å². The zero-order valence-corrected chi connectivity index (χ0v) is 13.4. The highest BCUT2D eigenvalue weighted by Crippen LogP contribution is 2.19. The van der Waals surface area contributed by atoms with Crippen molar-refractivity contribution in [2.45, 2.75) is 24.3 Å². The summed E-state index contributed by atoms with van der Waals surface area (Å²) in [6, 6.07) is 7.21. The van der Waals surface area contributed by atoms with Crippen LogP contribution in [0.25, 0.3) is 0 Å². The smallest absolute Gasteiger partial charge is 0.240 e. The SMILES string of the molecule is CNS(=O)(=O)c1ccccc1CN1CCCC1.[I-]. The largest absolute Gasteiger partial charge is 1.00 e. The van der Waals surface area contributed by atoms with Crippen molar-refractivity contribution in [2.75, 3.05) is 20.1 Å². The molecule has 1 saturated heterocycles. The molecule has 1 aliphatic heterocycles. The van der Waals surface area contributed by atoms with Crippen LogP contribution in [-0.4, -0.2) is 33.5 Å². The van der Waals surface area contributed by atoms with E-state index in [1.165, 1.54) is 19.9 Å². The Morgan fingerprint density at radius 1 is 1.22 bits per heavy atom. The summed E-state index contributed by atoms with van der Waals surface area (Å²) in [6.07, 6.45) is 2.42. The van der Waals surface area contributed by atoms with E-state index in [-0.39, 0.29) is 24.0 Å². The molecule has 4 nitrogen and oxygen atoms in total. The summed E-state index contributed by atoms with van der Waals surface area (Å²) in [7, 11) is -1.90. The van der Waals surface area contributed by atoms with Gasteiger partial charge in [0, 0.05) is 6.54 Å². The Morgan fingerprint density at radius 3 is 2.44 bits per heavy atom. The van der Waals surface area contributed by atoms with Gasteiger partial charge in [-0.25, -0.2) is 13.1 Å². The molecule has 0 aliphatic carbocycles. The Labute approximate surface area is 126 Å². The van der Waals surface area contributed by atoms with Gasteiger partial charge < -0.3 is 24.0 Å². The van der Waals surface area contributed by atoms with Crippen LogP contribution in [0.15, 0.2) is 29.2 Å². The van der Waals surface area contributed by atoms with E-state index < -0.39 is 10.0 Å². The number of nitrogens with one attached hydrogen (secondary N) is 1. The molecule has 0 bridgehead atoms. The van der Waals surface area contributed by atoms with Gasteiger partial charge in [-0.2, -0.15) is 0 Å². The van der Waals surface area contributed by atoms with E-state index in [9.17, 15) is 8.42 Å². The van der Waals surface area contributed by atoms with Gasteiger partial charge in [0.2, 0.25) is 10.0 Å². The van der Waals surface area contributed by atoms with Gasteiger partial charge >= 0.3 is 0 Å². The number of sulfonamides is 1. The average Bonchev–Trinajstić information content (AvgIpc) is 2.82. The molecular weight excluding hydrogens is 363 g/mol. The number of benzene rings is 1. The van der Waals surface area contributed by atoms with E-state index >= 15 is 0 Å². The molecule has 1 aromatic carbocycles. The molecule has 6 heteroatoms. The Morgan fingerprint density at radius 2 is 1.83 bits per heavy atom. The normalized spacial score (nSPS) is 16.5. The maximum atomic E-state index is 11.9. The quantitative estimate of drug-likeness (QED) is 0.626. The van der Waals surface area contributed by atoms with E-state index in [0.29, 0.717) is 4.90 Å². The predicted molar refractivity (Wildman–Crippen MR) is 67.2 cm³/mol.